The maximum Gasteiger partial charge on any atom is 0.240 e. The van der Waals surface area contributed by atoms with Gasteiger partial charge in [-0.25, -0.2) is 0 Å². The van der Waals surface area contributed by atoms with Gasteiger partial charge in [0.05, 0.1) is 23.9 Å². The molecule has 0 fully saturated rings. The molecule has 2 aromatic rings. The van der Waals surface area contributed by atoms with E-state index in [0.717, 1.165) is 5.69 Å². The summed E-state index contributed by atoms with van der Waals surface area (Å²) in [5.74, 6) is -0.530. The molecule has 1 N–H and O–H groups in total. The zero-order valence-corrected chi connectivity index (χ0v) is 12.7. The molecule has 0 unspecified atom stereocenters. The summed E-state index contributed by atoms with van der Waals surface area (Å²) in [6.45, 7) is 1.61. The minimum absolute atomic E-state index is 0.0892. The minimum atomic E-state index is -0.282. The zero-order valence-electron chi connectivity index (χ0n) is 12.7. The molecule has 6 nitrogen and oxygen atoms in total. The number of pyridine rings is 1. The monoisotopic (exact) mass is 308 g/mol. The van der Waals surface area contributed by atoms with Crippen molar-refractivity contribution in [3.8, 4) is 6.07 Å². The van der Waals surface area contributed by atoms with Crippen molar-refractivity contribution < 1.29 is 9.59 Å². The molecular formula is C17H16N4O2. The van der Waals surface area contributed by atoms with Crippen molar-refractivity contribution in [2.45, 2.75) is 13.5 Å². The summed E-state index contributed by atoms with van der Waals surface area (Å²) in [4.78, 5) is 29.3. The third-order valence-electron chi connectivity index (χ3n) is 3.18. The topological polar surface area (TPSA) is 86.1 Å². The second-order valence-corrected chi connectivity index (χ2v) is 4.86. The van der Waals surface area contributed by atoms with Gasteiger partial charge in [0, 0.05) is 18.8 Å². The molecule has 116 valence electrons. The first-order chi connectivity index (χ1) is 11.1. The summed E-state index contributed by atoms with van der Waals surface area (Å²) < 4.78 is 0. The Hall–Kier alpha value is -3.20. The molecule has 2 rings (SSSR count). The smallest absolute Gasteiger partial charge is 0.240 e. The average molecular weight is 308 g/mol. The summed E-state index contributed by atoms with van der Waals surface area (Å²) in [6, 6.07) is 14.0. The number of nitriles is 1. The number of carbonyl (C=O) groups excluding carboxylic acids is 2. The highest BCUT2D eigenvalue weighted by molar-refractivity contribution is 5.97. The zero-order chi connectivity index (χ0) is 16.7. The van der Waals surface area contributed by atoms with Gasteiger partial charge in [-0.1, -0.05) is 6.07 Å². The van der Waals surface area contributed by atoms with Crippen LogP contribution in [-0.4, -0.2) is 23.3 Å². The number of hydrogen-bond donors (Lipinski definition) is 1. The van der Waals surface area contributed by atoms with Gasteiger partial charge in [-0.2, -0.15) is 5.26 Å². The molecule has 0 saturated carbocycles. The van der Waals surface area contributed by atoms with Gasteiger partial charge in [-0.05, 0) is 36.4 Å². The lowest BCUT2D eigenvalue weighted by molar-refractivity contribution is -0.123. The molecule has 0 radical (unpaired) electrons. The van der Waals surface area contributed by atoms with Crippen LogP contribution in [0.3, 0.4) is 0 Å². The Balaban J connectivity index is 1.99. The number of nitrogens with zero attached hydrogens (tertiary/aromatic N) is 3. The van der Waals surface area contributed by atoms with Crippen LogP contribution in [0.5, 0.6) is 0 Å². The summed E-state index contributed by atoms with van der Waals surface area (Å²) >= 11 is 0. The van der Waals surface area contributed by atoms with Crippen molar-refractivity contribution in [1.29, 1.82) is 5.26 Å². The third-order valence-corrected chi connectivity index (χ3v) is 3.18. The minimum Gasteiger partial charge on any atom is -0.349 e. The van der Waals surface area contributed by atoms with E-state index in [-0.39, 0.29) is 18.4 Å². The quantitative estimate of drug-likeness (QED) is 0.909. The van der Waals surface area contributed by atoms with Gasteiger partial charge < -0.3 is 10.2 Å². The Morgan fingerprint density at radius 2 is 1.96 bits per heavy atom. The Bertz CT molecular complexity index is 721. The van der Waals surface area contributed by atoms with E-state index in [0.29, 0.717) is 17.8 Å². The standard InChI is InChI=1S/C17H16N4O2/c1-13(22)21(16-7-5-14(10-18)6-8-16)12-17(23)20-11-15-4-2-3-9-19-15/h2-9H,11-12H2,1H3,(H,20,23). The number of hydrogen-bond acceptors (Lipinski definition) is 4. The van der Waals surface area contributed by atoms with Crippen LogP contribution < -0.4 is 10.2 Å². The number of amides is 2. The highest BCUT2D eigenvalue weighted by Gasteiger charge is 2.15. The van der Waals surface area contributed by atoms with E-state index in [1.54, 1.807) is 36.5 Å². The molecule has 0 aliphatic heterocycles. The van der Waals surface area contributed by atoms with Crippen molar-refractivity contribution in [1.82, 2.24) is 10.3 Å². The van der Waals surface area contributed by atoms with Crippen molar-refractivity contribution in [3.63, 3.8) is 0 Å². The largest absolute Gasteiger partial charge is 0.349 e. The van der Waals surface area contributed by atoms with Crippen molar-refractivity contribution in [3.05, 3.63) is 59.9 Å². The van der Waals surface area contributed by atoms with Gasteiger partial charge in [0.2, 0.25) is 11.8 Å². The summed E-state index contributed by atoms with van der Waals surface area (Å²) in [5.41, 5.74) is 1.81. The Morgan fingerprint density at radius 1 is 1.22 bits per heavy atom. The second kappa shape index (κ2) is 7.71. The molecule has 0 aliphatic rings. The van der Waals surface area contributed by atoms with Crippen LogP contribution in [0.2, 0.25) is 0 Å². The molecule has 0 atom stereocenters. The number of anilines is 1. The van der Waals surface area contributed by atoms with E-state index < -0.39 is 0 Å². The van der Waals surface area contributed by atoms with Crippen LogP contribution in [-0.2, 0) is 16.1 Å². The fourth-order valence-corrected chi connectivity index (χ4v) is 1.99. The van der Waals surface area contributed by atoms with Crippen LogP contribution in [0.25, 0.3) is 0 Å². The first kappa shape index (κ1) is 16.2. The lowest BCUT2D eigenvalue weighted by Crippen LogP contribution is -2.39. The summed E-state index contributed by atoms with van der Waals surface area (Å²) in [7, 11) is 0. The molecule has 1 heterocycles. The lowest BCUT2D eigenvalue weighted by Gasteiger charge is -2.20. The lowest BCUT2D eigenvalue weighted by atomic mass is 10.2. The van der Waals surface area contributed by atoms with Crippen LogP contribution in [0.1, 0.15) is 18.2 Å². The van der Waals surface area contributed by atoms with Crippen LogP contribution >= 0.6 is 0 Å². The van der Waals surface area contributed by atoms with Gasteiger partial charge >= 0.3 is 0 Å². The Labute approximate surface area is 134 Å². The molecule has 23 heavy (non-hydrogen) atoms. The maximum absolute atomic E-state index is 12.0. The first-order valence-corrected chi connectivity index (χ1v) is 7.05. The second-order valence-electron chi connectivity index (χ2n) is 4.86. The van der Waals surface area contributed by atoms with E-state index in [1.807, 2.05) is 18.2 Å². The van der Waals surface area contributed by atoms with Gasteiger partial charge in [0.15, 0.2) is 0 Å². The molecule has 1 aromatic carbocycles. The van der Waals surface area contributed by atoms with E-state index in [9.17, 15) is 9.59 Å². The summed E-state index contributed by atoms with van der Waals surface area (Å²) in [5, 5.41) is 11.5. The van der Waals surface area contributed by atoms with E-state index in [1.165, 1.54) is 11.8 Å². The number of nitrogens with one attached hydrogen (secondary N) is 1. The fourth-order valence-electron chi connectivity index (χ4n) is 1.99. The normalized spacial score (nSPS) is 9.74. The third kappa shape index (κ3) is 4.64. The first-order valence-electron chi connectivity index (χ1n) is 7.05. The number of benzene rings is 1. The van der Waals surface area contributed by atoms with E-state index >= 15 is 0 Å². The van der Waals surface area contributed by atoms with Crippen molar-refractivity contribution in [2.24, 2.45) is 0 Å². The molecular weight excluding hydrogens is 292 g/mol. The van der Waals surface area contributed by atoms with Gasteiger partial charge in [-0.3, -0.25) is 14.6 Å². The molecule has 0 spiro atoms. The Morgan fingerprint density at radius 3 is 2.52 bits per heavy atom. The number of aromatic nitrogens is 1. The maximum atomic E-state index is 12.0. The van der Waals surface area contributed by atoms with E-state index in [2.05, 4.69) is 10.3 Å². The van der Waals surface area contributed by atoms with Gasteiger partial charge in [-0.15, -0.1) is 0 Å². The molecule has 0 bridgehead atoms. The van der Waals surface area contributed by atoms with Crippen molar-refractivity contribution >= 4 is 17.5 Å². The van der Waals surface area contributed by atoms with Crippen LogP contribution in [0, 0.1) is 11.3 Å². The SMILES string of the molecule is CC(=O)N(CC(=O)NCc1ccccn1)c1ccc(C#N)cc1. The van der Waals surface area contributed by atoms with Gasteiger partial charge in [0.25, 0.3) is 0 Å². The number of carbonyl (C=O) groups is 2. The number of rotatable bonds is 5. The predicted molar refractivity (Wildman–Crippen MR) is 85.3 cm³/mol. The predicted octanol–water partition coefficient (Wildman–Crippen LogP) is 1.62. The van der Waals surface area contributed by atoms with Crippen molar-refractivity contribution in [2.75, 3.05) is 11.4 Å². The highest BCUT2D eigenvalue weighted by atomic mass is 16.2. The molecule has 2 amide bonds. The van der Waals surface area contributed by atoms with Crippen LogP contribution in [0.4, 0.5) is 5.69 Å². The molecule has 0 saturated heterocycles. The van der Waals surface area contributed by atoms with Gasteiger partial charge in [0.1, 0.15) is 6.54 Å². The van der Waals surface area contributed by atoms with E-state index in [4.69, 9.17) is 5.26 Å². The molecule has 1 aromatic heterocycles. The Kier molecular flexibility index (Phi) is 5.42. The summed E-state index contributed by atoms with van der Waals surface area (Å²) in [6.07, 6.45) is 1.65. The van der Waals surface area contributed by atoms with Crippen LogP contribution in [0.15, 0.2) is 48.7 Å². The molecule has 0 aliphatic carbocycles. The average Bonchev–Trinajstić information content (AvgIpc) is 2.58. The molecule has 6 heteroatoms. The highest BCUT2D eigenvalue weighted by Crippen LogP contribution is 2.15. The fraction of sp³-hybridized carbons (Fsp3) is 0.176.